The Morgan fingerprint density at radius 1 is 1.08 bits per heavy atom. The van der Waals surface area contributed by atoms with E-state index < -0.39 is 17.1 Å². The van der Waals surface area contributed by atoms with Crippen molar-refractivity contribution >= 4 is 5.78 Å². The molecular formula is C22H36O4. The molecule has 4 rings (SSSR count). The van der Waals surface area contributed by atoms with Crippen LogP contribution in [-0.2, 0) is 4.79 Å². The highest BCUT2D eigenvalue weighted by Crippen LogP contribution is 2.69. The molecule has 4 fully saturated rings. The molecule has 4 heteroatoms. The molecule has 0 aromatic rings. The second kappa shape index (κ2) is 5.78. The van der Waals surface area contributed by atoms with E-state index in [2.05, 4.69) is 13.8 Å². The van der Waals surface area contributed by atoms with Crippen LogP contribution in [0.25, 0.3) is 0 Å². The second-order valence-electron chi connectivity index (χ2n) is 10.7. The number of aliphatic hydroxyl groups excluding tert-OH is 2. The number of hydrogen-bond acceptors (Lipinski definition) is 4. The summed E-state index contributed by atoms with van der Waals surface area (Å²) in [4.78, 5) is 12.5. The van der Waals surface area contributed by atoms with Gasteiger partial charge in [0.05, 0.1) is 12.2 Å². The molecule has 0 saturated heterocycles. The predicted molar refractivity (Wildman–Crippen MR) is 99.3 cm³/mol. The van der Waals surface area contributed by atoms with E-state index in [0.29, 0.717) is 24.2 Å². The van der Waals surface area contributed by atoms with E-state index in [1.165, 1.54) is 6.92 Å². The molecule has 4 saturated carbocycles. The lowest BCUT2D eigenvalue weighted by Gasteiger charge is -2.62. The Labute approximate surface area is 157 Å². The third-order valence-electron chi connectivity index (χ3n) is 9.69. The van der Waals surface area contributed by atoms with Gasteiger partial charge in [0.1, 0.15) is 5.60 Å². The van der Waals surface area contributed by atoms with Gasteiger partial charge in [0.15, 0.2) is 5.78 Å². The minimum atomic E-state index is -1.32. The third-order valence-corrected chi connectivity index (χ3v) is 9.69. The molecule has 0 aliphatic heterocycles. The fraction of sp³-hybridized carbons (Fsp3) is 0.955. The van der Waals surface area contributed by atoms with Gasteiger partial charge in [-0.1, -0.05) is 20.8 Å². The smallest absolute Gasteiger partial charge is 0.162 e. The molecule has 0 heterocycles. The standard InChI is InChI=1S/C22H36O4/c1-12-9-17-16-6-5-14-10-15(24)7-8-20(14,3)19(16)18(25)11-21(17,4)22(12,26)13(2)23/h12,14-19,24-26H,5-11H2,1-4H3/t12-,14+,15+,16+,17+,18-,19-,20+,21+,22+/m1/s1. The third kappa shape index (κ3) is 2.15. The topological polar surface area (TPSA) is 77.8 Å². The molecule has 4 nitrogen and oxygen atoms in total. The number of ketones is 1. The highest BCUT2D eigenvalue weighted by Gasteiger charge is 2.70. The van der Waals surface area contributed by atoms with Gasteiger partial charge in [-0.2, -0.15) is 0 Å². The first-order valence-corrected chi connectivity index (χ1v) is 10.6. The summed E-state index contributed by atoms with van der Waals surface area (Å²) < 4.78 is 0. The maximum atomic E-state index is 12.5. The van der Waals surface area contributed by atoms with Crippen molar-refractivity contribution < 1.29 is 20.1 Å². The molecule has 148 valence electrons. The van der Waals surface area contributed by atoms with Crippen LogP contribution >= 0.6 is 0 Å². The summed E-state index contributed by atoms with van der Waals surface area (Å²) in [5.74, 6) is 1.19. The average molecular weight is 365 g/mol. The number of rotatable bonds is 1. The minimum absolute atomic E-state index is 0.0559. The summed E-state index contributed by atoms with van der Waals surface area (Å²) in [6.07, 6.45) is 5.56. The first kappa shape index (κ1) is 18.9. The van der Waals surface area contributed by atoms with Crippen molar-refractivity contribution in [2.45, 2.75) is 90.4 Å². The zero-order chi connectivity index (χ0) is 19.1. The van der Waals surface area contributed by atoms with Crippen molar-refractivity contribution in [1.29, 1.82) is 0 Å². The normalized spacial score (nSPS) is 59.3. The largest absolute Gasteiger partial charge is 0.393 e. The lowest BCUT2D eigenvalue weighted by molar-refractivity contribution is -0.203. The van der Waals surface area contributed by atoms with Crippen LogP contribution in [0.4, 0.5) is 0 Å². The highest BCUT2D eigenvalue weighted by atomic mass is 16.3. The number of carbonyl (C=O) groups is 1. The Hall–Kier alpha value is -0.450. The number of aliphatic hydroxyl groups is 3. The van der Waals surface area contributed by atoms with E-state index in [1.54, 1.807) is 0 Å². The van der Waals surface area contributed by atoms with Gasteiger partial charge in [-0.25, -0.2) is 0 Å². The zero-order valence-corrected chi connectivity index (χ0v) is 16.7. The number of hydrogen-bond donors (Lipinski definition) is 3. The Bertz CT molecular complexity index is 605. The van der Waals surface area contributed by atoms with Gasteiger partial charge >= 0.3 is 0 Å². The number of Topliss-reactive ketones (excluding diaryl/α,β-unsaturated/α-hetero) is 1. The van der Waals surface area contributed by atoms with Crippen molar-refractivity contribution in [1.82, 2.24) is 0 Å². The quantitative estimate of drug-likeness (QED) is 0.668. The number of fused-ring (bicyclic) bond motifs is 5. The molecule has 0 bridgehead atoms. The molecule has 26 heavy (non-hydrogen) atoms. The summed E-state index contributed by atoms with van der Waals surface area (Å²) in [6.45, 7) is 7.92. The van der Waals surface area contributed by atoms with Crippen molar-refractivity contribution in [3.05, 3.63) is 0 Å². The van der Waals surface area contributed by atoms with Crippen LogP contribution in [0.15, 0.2) is 0 Å². The Kier molecular flexibility index (Phi) is 4.20. The van der Waals surface area contributed by atoms with E-state index in [4.69, 9.17) is 0 Å². The van der Waals surface area contributed by atoms with Gasteiger partial charge in [0, 0.05) is 5.41 Å². The van der Waals surface area contributed by atoms with E-state index in [-0.39, 0.29) is 29.1 Å². The fourth-order valence-corrected chi connectivity index (χ4v) is 8.44. The summed E-state index contributed by atoms with van der Waals surface area (Å²) in [6, 6.07) is 0. The molecule has 0 aromatic carbocycles. The molecule has 0 amide bonds. The summed E-state index contributed by atoms with van der Waals surface area (Å²) in [5, 5.41) is 32.9. The van der Waals surface area contributed by atoms with Gasteiger partial charge < -0.3 is 15.3 Å². The first-order chi connectivity index (χ1) is 12.1. The summed E-state index contributed by atoms with van der Waals surface area (Å²) in [5.41, 5.74) is -1.77. The average Bonchev–Trinajstić information content (AvgIpc) is 2.76. The summed E-state index contributed by atoms with van der Waals surface area (Å²) >= 11 is 0. The lowest BCUT2D eigenvalue weighted by Crippen LogP contribution is -2.63. The molecular weight excluding hydrogens is 328 g/mol. The molecule has 10 atom stereocenters. The predicted octanol–water partition coefficient (Wildman–Crippen LogP) is 2.93. The molecule has 4 aliphatic carbocycles. The Balaban J connectivity index is 1.73. The van der Waals surface area contributed by atoms with E-state index in [1.807, 2.05) is 6.92 Å². The number of carbonyl (C=O) groups excluding carboxylic acids is 1. The van der Waals surface area contributed by atoms with Crippen LogP contribution in [0.5, 0.6) is 0 Å². The molecule has 0 radical (unpaired) electrons. The van der Waals surface area contributed by atoms with Crippen LogP contribution in [0, 0.1) is 40.4 Å². The van der Waals surface area contributed by atoms with E-state index in [9.17, 15) is 20.1 Å². The van der Waals surface area contributed by atoms with Crippen molar-refractivity contribution in [2.75, 3.05) is 0 Å². The van der Waals surface area contributed by atoms with Crippen LogP contribution in [0.2, 0.25) is 0 Å². The minimum Gasteiger partial charge on any atom is -0.393 e. The zero-order valence-electron chi connectivity index (χ0n) is 16.7. The van der Waals surface area contributed by atoms with Gasteiger partial charge in [0.2, 0.25) is 0 Å². The maximum absolute atomic E-state index is 12.5. The van der Waals surface area contributed by atoms with E-state index >= 15 is 0 Å². The fourth-order valence-electron chi connectivity index (χ4n) is 8.44. The van der Waals surface area contributed by atoms with Crippen LogP contribution in [0.3, 0.4) is 0 Å². The van der Waals surface area contributed by atoms with Gasteiger partial charge in [-0.15, -0.1) is 0 Å². The maximum Gasteiger partial charge on any atom is 0.162 e. The molecule has 3 N–H and O–H groups in total. The van der Waals surface area contributed by atoms with Crippen molar-refractivity contribution in [3.63, 3.8) is 0 Å². The van der Waals surface area contributed by atoms with Crippen molar-refractivity contribution in [3.8, 4) is 0 Å². The first-order valence-electron chi connectivity index (χ1n) is 10.6. The molecule has 0 unspecified atom stereocenters. The molecule has 4 aliphatic rings. The van der Waals surface area contributed by atoms with Gasteiger partial charge in [-0.05, 0) is 86.9 Å². The van der Waals surface area contributed by atoms with Crippen molar-refractivity contribution in [2.24, 2.45) is 40.4 Å². The lowest BCUT2D eigenvalue weighted by atomic mass is 9.43. The second-order valence-corrected chi connectivity index (χ2v) is 10.7. The van der Waals surface area contributed by atoms with Crippen LogP contribution in [-0.4, -0.2) is 38.9 Å². The Morgan fingerprint density at radius 2 is 1.77 bits per heavy atom. The monoisotopic (exact) mass is 364 g/mol. The van der Waals surface area contributed by atoms with Gasteiger partial charge in [0.25, 0.3) is 0 Å². The highest BCUT2D eigenvalue weighted by molar-refractivity contribution is 5.86. The molecule has 0 spiro atoms. The Morgan fingerprint density at radius 3 is 2.42 bits per heavy atom. The van der Waals surface area contributed by atoms with Crippen LogP contribution < -0.4 is 0 Å². The van der Waals surface area contributed by atoms with E-state index in [0.717, 1.165) is 38.5 Å². The SMILES string of the molecule is CC(=O)[C@@]1(O)[C@H](C)C[C@H]2[C@@H]3CC[C@H]4C[C@@H](O)CC[C@]4(C)[C@H]3[C@H](O)C[C@@]21C. The summed E-state index contributed by atoms with van der Waals surface area (Å²) in [7, 11) is 0. The van der Waals surface area contributed by atoms with Crippen LogP contribution in [0.1, 0.15) is 72.6 Å². The molecule has 0 aromatic heterocycles. The van der Waals surface area contributed by atoms with Gasteiger partial charge in [-0.3, -0.25) is 4.79 Å².